The Morgan fingerprint density at radius 2 is 1.72 bits per heavy atom. The maximum atomic E-state index is 12.9. The van der Waals surface area contributed by atoms with Crippen LogP contribution in [0.15, 0.2) is 54.6 Å². The maximum absolute atomic E-state index is 12.9. The number of hydrogen-bond donors (Lipinski definition) is 1. The van der Waals surface area contributed by atoms with Crippen LogP contribution in [-0.4, -0.2) is 25.0 Å². The number of benzene rings is 3. The SMILES string of the molecule is CCCCCOc1ccc(C(=O)Nc2ccc3c4c(cccc24)C(=O)N3CCCC)cc1. The van der Waals surface area contributed by atoms with Gasteiger partial charge in [-0.2, -0.15) is 0 Å². The predicted molar refractivity (Wildman–Crippen MR) is 130 cm³/mol. The minimum absolute atomic E-state index is 0.0389. The molecule has 0 aliphatic carbocycles. The highest BCUT2D eigenvalue weighted by Crippen LogP contribution is 2.40. The maximum Gasteiger partial charge on any atom is 0.258 e. The number of carbonyl (C=O) groups excluding carboxylic acids is 2. The molecule has 0 spiro atoms. The second-order valence-electron chi connectivity index (χ2n) is 8.20. The van der Waals surface area contributed by atoms with Gasteiger partial charge in [-0.05, 0) is 55.3 Å². The van der Waals surface area contributed by atoms with Crippen molar-refractivity contribution in [3.63, 3.8) is 0 Å². The summed E-state index contributed by atoms with van der Waals surface area (Å²) in [7, 11) is 0. The molecule has 1 aliphatic rings. The van der Waals surface area contributed by atoms with Gasteiger partial charge in [-0.25, -0.2) is 0 Å². The van der Waals surface area contributed by atoms with Gasteiger partial charge in [0, 0.05) is 34.1 Å². The first-order valence-electron chi connectivity index (χ1n) is 11.6. The van der Waals surface area contributed by atoms with Gasteiger partial charge in [-0.15, -0.1) is 0 Å². The van der Waals surface area contributed by atoms with Crippen LogP contribution in [0.1, 0.15) is 66.7 Å². The van der Waals surface area contributed by atoms with E-state index in [4.69, 9.17) is 4.74 Å². The molecule has 1 heterocycles. The molecule has 0 saturated carbocycles. The highest BCUT2D eigenvalue weighted by Gasteiger charge is 2.30. The molecule has 0 aromatic heterocycles. The number of ether oxygens (including phenoxy) is 1. The Labute approximate surface area is 189 Å². The quantitative estimate of drug-likeness (QED) is 0.378. The molecule has 0 fully saturated rings. The fourth-order valence-electron chi connectivity index (χ4n) is 4.13. The van der Waals surface area contributed by atoms with Gasteiger partial charge in [-0.3, -0.25) is 9.59 Å². The van der Waals surface area contributed by atoms with E-state index in [1.165, 1.54) is 0 Å². The van der Waals surface area contributed by atoms with Crippen LogP contribution in [0.25, 0.3) is 10.8 Å². The largest absolute Gasteiger partial charge is 0.494 e. The lowest BCUT2D eigenvalue weighted by Gasteiger charge is -2.17. The van der Waals surface area contributed by atoms with E-state index in [-0.39, 0.29) is 11.8 Å². The molecule has 166 valence electrons. The molecule has 0 atom stereocenters. The average Bonchev–Trinajstić information content (AvgIpc) is 3.09. The lowest BCUT2D eigenvalue weighted by atomic mass is 10.0. The smallest absolute Gasteiger partial charge is 0.258 e. The second kappa shape index (κ2) is 9.86. The summed E-state index contributed by atoms with van der Waals surface area (Å²) < 4.78 is 5.73. The van der Waals surface area contributed by atoms with Crippen LogP contribution < -0.4 is 15.0 Å². The van der Waals surface area contributed by atoms with Crippen molar-refractivity contribution in [1.82, 2.24) is 0 Å². The van der Waals surface area contributed by atoms with Crippen molar-refractivity contribution in [2.24, 2.45) is 0 Å². The first kappa shape index (κ1) is 21.9. The summed E-state index contributed by atoms with van der Waals surface area (Å²) in [6, 6.07) is 16.8. The second-order valence-corrected chi connectivity index (χ2v) is 8.20. The Balaban J connectivity index is 1.52. The molecule has 32 heavy (non-hydrogen) atoms. The molecule has 0 saturated heterocycles. The number of nitrogens with zero attached hydrogens (tertiary/aromatic N) is 1. The Morgan fingerprint density at radius 3 is 2.47 bits per heavy atom. The highest BCUT2D eigenvalue weighted by molar-refractivity contribution is 6.27. The highest BCUT2D eigenvalue weighted by atomic mass is 16.5. The topological polar surface area (TPSA) is 58.6 Å². The molecule has 1 N–H and O–H groups in total. The molecule has 0 bridgehead atoms. The normalized spacial score (nSPS) is 12.4. The van der Waals surface area contributed by atoms with E-state index < -0.39 is 0 Å². The summed E-state index contributed by atoms with van der Waals surface area (Å²) in [5.74, 6) is 0.626. The van der Waals surface area contributed by atoms with Crippen LogP contribution in [0.4, 0.5) is 11.4 Å². The predicted octanol–water partition coefficient (Wildman–Crippen LogP) is 6.42. The Kier molecular flexibility index (Phi) is 6.74. The van der Waals surface area contributed by atoms with Gasteiger partial charge in [0.2, 0.25) is 0 Å². The number of rotatable bonds is 10. The van der Waals surface area contributed by atoms with Gasteiger partial charge in [-0.1, -0.05) is 45.2 Å². The van der Waals surface area contributed by atoms with Gasteiger partial charge in [0.1, 0.15) is 5.75 Å². The van der Waals surface area contributed by atoms with E-state index in [1.807, 2.05) is 47.4 Å². The zero-order chi connectivity index (χ0) is 22.5. The fraction of sp³-hybridized carbons (Fsp3) is 0.333. The zero-order valence-corrected chi connectivity index (χ0v) is 18.8. The first-order chi connectivity index (χ1) is 15.6. The number of anilines is 2. The van der Waals surface area contributed by atoms with Gasteiger partial charge in [0.25, 0.3) is 11.8 Å². The van der Waals surface area contributed by atoms with Crippen molar-refractivity contribution in [3.8, 4) is 5.75 Å². The van der Waals surface area contributed by atoms with Crippen LogP contribution in [0.3, 0.4) is 0 Å². The van der Waals surface area contributed by atoms with Gasteiger partial charge >= 0.3 is 0 Å². The third kappa shape index (κ3) is 4.33. The zero-order valence-electron chi connectivity index (χ0n) is 18.8. The number of carbonyl (C=O) groups is 2. The first-order valence-corrected chi connectivity index (χ1v) is 11.6. The Morgan fingerprint density at radius 1 is 0.938 bits per heavy atom. The summed E-state index contributed by atoms with van der Waals surface area (Å²) in [5.41, 5.74) is 2.90. The van der Waals surface area contributed by atoms with E-state index in [0.29, 0.717) is 30.0 Å². The van der Waals surface area contributed by atoms with Gasteiger partial charge in [0.05, 0.1) is 12.3 Å². The third-order valence-corrected chi connectivity index (χ3v) is 5.90. The van der Waals surface area contributed by atoms with Crippen molar-refractivity contribution in [2.45, 2.75) is 46.0 Å². The molecule has 3 aromatic carbocycles. The molecule has 2 amide bonds. The summed E-state index contributed by atoms with van der Waals surface area (Å²) in [6.45, 7) is 5.68. The van der Waals surface area contributed by atoms with E-state index in [1.54, 1.807) is 12.1 Å². The third-order valence-electron chi connectivity index (χ3n) is 5.90. The monoisotopic (exact) mass is 430 g/mol. The van der Waals surface area contributed by atoms with E-state index in [9.17, 15) is 9.59 Å². The minimum atomic E-state index is -0.185. The van der Waals surface area contributed by atoms with Crippen molar-refractivity contribution in [1.29, 1.82) is 0 Å². The molecule has 5 heteroatoms. The average molecular weight is 431 g/mol. The van der Waals surface area contributed by atoms with Crippen LogP contribution in [0.2, 0.25) is 0 Å². The number of amides is 2. The van der Waals surface area contributed by atoms with Crippen molar-refractivity contribution >= 4 is 34.0 Å². The molecule has 4 rings (SSSR count). The van der Waals surface area contributed by atoms with Crippen molar-refractivity contribution in [2.75, 3.05) is 23.4 Å². The Hall–Kier alpha value is -3.34. The van der Waals surface area contributed by atoms with Crippen molar-refractivity contribution < 1.29 is 14.3 Å². The van der Waals surface area contributed by atoms with Crippen LogP contribution in [-0.2, 0) is 0 Å². The molecule has 0 unspecified atom stereocenters. The van der Waals surface area contributed by atoms with Crippen molar-refractivity contribution in [3.05, 3.63) is 65.7 Å². The van der Waals surface area contributed by atoms with Gasteiger partial charge in [0.15, 0.2) is 0 Å². The fourth-order valence-corrected chi connectivity index (χ4v) is 4.13. The van der Waals surface area contributed by atoms with E-state index in [0.717, 1.165) is 54.3 Å². The van der Waals surface area contributed by atoms with E-state index >= 15 is 0 Å². The summed E-state index contributed by atoms with van der Waals surface area (Å²) in [6.07, 6.45) is 5.32. The molecular weight excluding hydrogens is 400 g/mol. The molecular formula is C27H30N2O3. The van der Waals surface area contributed by atoms with Crippen LogP contribution in [0, 0.1) is 0 Å². The van der Waals surface area contributed by atoms with Gasteiger partial charge < -0.3 is 15.0 Å². The minimum Gasteiger partial charge on any atom is -0.494 e. The molecule has 3 aromatic rings. The standard InChI is InChI=1S/C27H30N2O3/c1-3-5-7-18-32-20-13-11-19(12-14-20)26(30)28-23-15-16-24-25-21(23)9-8-10-22(25)27(31)29(24)17-6-4-2/h8-16H,3-7,17-18H2,1-2H3,(H,28,30). The number of nitrogens with one attached hydrogen (secondary N) is 1. The van der Waals surface area contributed by atoms with E-state index in [2.05, 4.69) is 19.2 Å². The summed E-state index contributed by atoms with van der Waals surface area (Å²) in [5, 5.41) is 4.83. The molecule has 1 aliphatic heterocycles. The lowest BCUT2D eigenvalue weighted by molar-refractivity contribution is 0.0991. The molecule has 0 radical (unpaired) electrons. The number of unbranched alkanes of at least 4 members (excludes halogenated alkanes) is 3. The van der Waals surface area contributed by atoms with Crippen LogP contribution >= 0.6 is 0 Å². The number of hydrogen-bond acceptors (Lipinski definition) is 3. The Bertz CT molecular complexity index is 1120. The summed E-state index contributed by atoms with van der Waals surface area (Å²) >= 11 is 0. The summed E-state index contributed by atoms with van der Waals surface area (Å²) in [4.78, 5) is 27.7. The lowest BCUT2D eigenvalue weighted by Crippen LogP contribution is -2.27. The molecule has 5 nitrogen and oxygen atoms in total. The van der Waals surface area contributed by atoms with Crippen LogP contribution in [0.5, 0.6) is 5.75 Å².